The highest BCUT2D eigenvalue weighted by Crippen LogP contribution is 2.20. The lowest BCUT2D eigenvalue weighted by atomic mass is 9.91. The zero-order valence-corrected chi connectivity index (χ0v) is 7.81. The fraction of sp³-hybridized carbons (Fsp3) is 1.00. The lowest BCUT2D eigenvalue weighted by molar-refractivity contribution is -0.0231. The Kier molecular flexibility index (Phi) is 2.90. The highest BCUT2D eigenvalue weighted by atomic mass is 16.5. The second-order valence-corrected chi connectivity index (χ2v) is 4.11. The molecule has 2 nitrogen and oxygen atoms in total. The van der Waals surface area contributed by atoms with Crippen LogP contribution in [0, 0.1) is 5.41 Å². The zero-order chi connectivity index (χ0) is 8.32. The molecule has 66 valence electrons. The van der Waals surface area contributed by atoms with E-state index in [4.69, 9.17) is 4.74 Å². The number of rotatable bonds is 4. The van der Waals surface area contributed by atoms with Crippen molar-refractivity contribution in [2.45, 2.75) is 33.3 Å². The van der Waals surface area contributed by atoms with Gasteiger partial charge in [-0.05, 0) is 11.8 Å². The molecule has 0 atom stereocenters. The first kappa shape index (κ1) is 9.01. The van der Waals surface area contributed by atoms with Crippen molar-refractivity contribution >= 4 is 0 Å². The average molecular weight is 157 g/mol. The van der Waals surface area contributed by atoms with Crippen molar-refractivity contribution in [1.82, 2.24) is 5.32 Å². The maximum atomic E-state index is 5.67. The largest absolute Gasteiger partial charge is 0.375 e. The molecule has 11 heavy (non-hydrogen) atoms. The third kappa shape index (κ3) is 2.80. The number of hydrogen-bond acceptors (Lipinski definition) is 2. The molecule has 0 bridgehead atoms. The van der Waals surface area contributed by atoms with Crippen molar-refractivity contribution in [3.63, 3.8) is 0 Å². The molecule has 0 saturated carbocycles. The minimum atomic E-state index is 0.357. The minimum absolute atomic E-state index is 0.357. The van der Waals surface area contributed by atoms with Crippen molar-refractivity contribution in [2.75, 3.05) is 19.7 Å². The maximum absolute atomic E-state index is 5.67. The summed E-state index contributed by atoms with van der Waals surface area (Å²) in [5, 5.41) is 3.19. The van der Waals surface area contributed by atoms with Crippen molar-refractivity contribution in [2.24, 2.45) is 5.41 Å². The Morgan fingerprint density at radius 1 is 1.45 bits per heavy atom. The molecule has 0 amide bonds. The van der Waals surface area contributed by atoms with E-state index in [0.29, 0.717) is 11.5 Å². The van der Waals surface area contributed by atoms with Gasteiger partial charge < -0.3 is 10.1 Å². The van der Waals surface area contributed by atoms with Crippen LogP contribution < -0.4 is 5.32 Å². The highest BCUT2D eigenvalue weighted by Gasteiger charge is 2.21. The van der Waals surface area contributed by atoms with Crippen molar-refractivity contribution in [3.05, 3.63) is 0 Å². The van der Waals surface area contributed by atoms with Crippen LogP contribution in [0.4, 0.5) is 0 Å². The van der Waals surface area contributed by atoms with Gasteiger partial charge in [0.05, 0.1) is 12.7 Å². The zero-order valence-electron chi connectivity index (χ0n) is 7.81. The van der Waals surface area contributed by atoms with Gasteiger partial charge in [0, 0.05) is 13.1 Å². The number of ether oxygens (including phenoxy) is 1. The highest BCUT2D eigenvalue weighted by molar-refractivity contribution is 4.76. The van der Waals surface area contributed by atoms with Crippen LogP contribution in [0.15, 0.2) is 0 Å². The predicted molar refractivity (Wildman–Crippen MR) is 46.7 cm³/mol. The molecule has 2 heteroatoms. The predicted octanol–water partition coefficient (Wildman–Crippen LogP) is 1.41. The summed E-state index contributed by atoms with van der Waals surface area (Å²) < 4.78 is 5.67. The average Bonchev–Trinajstić information content (AvgIpc) is 1.84. The van der Waals surface area contributed by atoms with E-state index in [1.807, 2.05) is 0 Å². The quantitative estimate of drug-likeness (QED) is 0.666. The van der Waals surface area contributed by atoms with Crippen LogP contribution in [0.25, 0.3) is 0 Å². The van der Waals surface area contributed by atoms with Gasteiger partial charge in [-0.1, -0.05) is 20.8 Å². The molecule has 0 spiro atoms. The summed E-state index contributed by atoms with van der Waals surface area (Å²) in [6, 6.07) is 0. The fourth-order valence-corrected chi connectivity index (χ4v) is 0.826. The van der Waals surface area contributed by atoms with E-state index in [0.717, 1.165) is 19.7 Å². The normalized spacial score (nSPS) is 19.9. The van der Waals surface area contributed by atoms with Crippen LogP contribution in [0.2, 0.25) is 0 Å². The Balaban J connectivity index is 2.09. The van der Waals surface area contributed by atoms with Gasteiger partial charge in [-0.25, -0.2) is 0 Å². The summed E-state index contributed by atoms with van der Waals surface area (Å²) in [5.74, 6) is 0. The number of nitrogens with one attached hydrogen (secondary N) is 1. The molecule has 0 aromatic carbocycles. The monoisotopic (exact) mass is 157 g/mol. The van der Waals surface area contributed by atoms with Gasteiger partial charge in [-0.15, -0.1) is 0 Å². The molecule has 0 aromatic heterocycles. The molecule has 0 aromatic rings. The van der Waals surface area contributed by atoms with Gasteiger partial charge in [0.15, 0.2) is 0 Å². The minimum Gasteiger partial charge on any atom is -0.375 e. The molecular formula is C9H19NO. The van der Waals surface area contributed by atoms with Crippen LogP contribution in [-0.2, 0) is 4.74 Å². The van der Waals surface area contributed by atoms with Crippen LogP contribution in [0.5, 0.6) is 0 Å². The first-order valence-corrected chi connectivity index (χ1v) is 4.46. The van der Waals surface area contributed by atoms with Gasteiger partial charge in [0.25, 0.3) is 0 Å². The van der Waals surface area contributed by atoms with Crippen LogP contribution >= 0.6 is 0 Å². The fourth-order valence-electron chi connectivity index (χ4n) is 0.826. The smallest absolute Gasteiger partial charge is 0.0823 e. The summed E-state index contributed by atoms with van der Waals surface area (Å²) in [6.45, 7) is 9.69. The maximum Gasteiger partial charge on any atom is 0.0823 e. The second-order valence-electron chi connectivity index (χ2n) is 4.11. The molecule has 1 fully saturated rings. The summed E-state index contributed by atoms with van der Waals surface area (Å²) in [4.78, 5) is 0. The summed E-state index contributed by atoms with van der Waals surface area (Å²) in [5.41, 5.74) is 0.357. The molecule has 0 aliphatic carbocycles. The molecule has 1 rings (SSSR count). The van der Waals surface area contributed by atoms with E-state index in [1.54, 1.807) is 0 Å². The third-order valence-corrected chi connectivity index (χ3v) is 2.41. The molecule has 0 unspecified atom stereocenters. The van der Waals surface area contributed by atoms with Crippen LogP contribution in [0.1, 0.15) is 27.2 Å². The van der Waals surface area contributed by atoms with Gasteiger partial charge >= 0.3 is 0 Å². The molecular weight excluding hydrogens is 138 g/mol. The number of hydrogen-bond donors (Lipinski definition) is 1. The molecule has 0 radical (unpaired) electrons. The lowest BCUT2D eigenvalue weighted by Gasteiger charge is -2.31. The SMILES string of the molecule is CCC(C)(C)COC1CNC1. The van der Waals surface area contributed by atoms with Gasteiger partial charge in [-0.2, -0.15) is 0 Å². The Morgan fingerprint density at radius 3 is 2.45 bits per heavy atom. The Bertz CT molecular complexity index is 119. The second kappa shape index (κ2) is 3.55. The Labute approximate surface area is 69.3 Å². The van der Waals surface area contributed by atoms with E-state index in [9.17, 15) is 0 Å². The van der Waals surface area contributed by atoms with E-state index in [2.05, 4.69) is 26.1 Å². The summed E-state index contributed by atoms with van der Waals surface area (Å²) in [6.07, 6.45) is 1.67. The molecule has 1 N–H and O–H groups in total. The Morgan fingerprint density at radius 2 is 2.09 bits per heavy atom. The first-order valence-electron chi connectivity index (χ1n) is 4.46. The van der Waals surface area contributed by atoms with E-state index < -0.39 is 0 Å². The molecule has 1 heterocycles. The van der Waals surface area contributed by atoms with Gasteiger partial charge in [0.2, 0.25) is 0 Å². The van der Waals surface area contributed by atoms with E-state index in [-0.39, 0.29) is 0 Å². The van der Waals surface area contributed by atoms with Crippen molar-refractivity contribution in [1.29, 1.82) is 0 Å². The standard InChI is InChI=1S/C9H19NO/c1-4-9(2,3)7-11-8-5-10-6-8/h8,10H,4-7H2,1-3H3. The lowest BCUT2D eigenvalue weighted by Crippen LogP contribution is -2.49. The summed E-state index contributed by atoms with van der Waals surface area (Å²) in [7, 11) is 0. The van der Waals surface area contributed by atoms with E-state index in [1.165, 1.54) is 6.42 Å². The topological polar surface area (TPSA) is 21.3 Å². The van der Waals surface area contributed by atoms with Crippen LogP contribution in [-0.4, -0.2) is 25.8 Å². The summed E-state index contributed by atoms with van der Waals surface area (Å²) >= 11 is 0. The van der Waals surface area contributed by atoms with Crippen LogP contribution in [0.3, 0.4) is 0 Å². The molecule has 1 aliphatic rings. The van der Waals surface area contributed by atoms with Gasteiger partial charge in [0.1, 0.15) is 0 Å². The third-order valence-electron chi connectivity index (χ3n) is 2.41. The first-order chi connectivity index (χ1) is 5.14. The van der Waals surface area contributed by atoms with E-state index >= 15 is 0 Å². The molecule has 1 aliphatic heterocycles. The van der Waals surface area contributed by atoms with Gasteiger partial charge in [-0.3, -0.25) is 0 Å². The Hall–Kier alpha value is -0.0800. The molecule has 1 saturated heterocycles. The van der Waals surface area contributed by atoms with Crippen molar-refractivity contribution in [3.8, 4) is 0 Å². The van der Waals surface area contributed by atoms with Crippen molar-refractivity contribution < 1.29 is 4.74 Å².